The molecule has 20 heavy (non-hydrogen) atoms. The zero-order chi connectivity index (χ0) is 14.5. The molecule has 0 saturated heterocycles. The summed E-state index contributed by atoms with van der Waals surface area (Å²) >= 11 is 1.96. The minimum Gasteiger partial charge on any atom is -0.310 e. The summed E-state index contributed by atoms with van der Waals surface area (Å²) in [4.78, 5) is 1.27. The van der Waals surface area contributed by atoms with E-state index in [-0.39, 0.29) is 11.9 Å². The van der Waals surface area contributed by atoms with Gasteiger partial charge in [0.2, 0.25) is 0 Å². The van der Waals surface area contributed by atoms with Gasteiger partial charge in [-0.2, -0.15) is 0 Å². The van der Waals surface area contributed by atoms with Crippen LogP contribution in [0.1, 0.15) is 63.1 Å². The summed E-state index contributed by atoms with van der Waals surface area (Å²) in [5.74, 6) is -0.0854. The standard InChI is InChI=1S/C17H26FNS/c1-4-19-13(3)15-11-16(18)12(2)10-17(15)20-14-8-6-5-7-9-14/h10-11,13-14,19H,4-9H2,1-3H3. The first-order valence-corrected chi connectivity index (χ1v) is 8.70. The minimum atomic E-state index is -0.0854. The maximum atomic E-state index is 13.9. The predicted molar refractivity (Wildman–Crippen MR) is 86.0 cm³/mol. The summed E-state index contributed by atoms with van der Waals surface area (Å²) in [6, 6.07) is 3.98. The van der Waals surface area contributed by atoms with Crippen LogP contribution in [0.5, 0.6) is 0 Å². The van der Waals surface area contributed by atoms with Crippen LogP contribution >= 0.6 is 11.8 Å². The largest absolute Gasteiger partial charge is 0.310 e. The monoisotopic (exact) mass is 295 g/mol. The van der Waals surface area contributed by atoms with Crippen LogP contribution in [0, 0.1) is 12.7 Å². The van der Waals surface area contributed by atoms with E-state index in [0.717, 1.165) is 17.7 Å². The Balaban J connectivity index is 2.21. The maximum absolute atomic E-state index is 13.9. The molecule has 0 amide bonds. The van der Waals surface area contributed by atoms with Crippen LogP contribution in [0.4, 0.5) is 4.39 Å². The fourth-order valence-corrected chi connectivity index (χ4v) is 4.43. The lowest BCUT2D eigenvalue weighted by atomic mass is 10.0. The van der Waals surface area contributed by atoms with Crippen LogP contribution in [0.3, 0.4) is 0 Å². The lowest BCUT2D eigenvalue weighted by Crippen LogP contribution is -2.19. The molecule has 1 unspecified atom stereocenters. The molecule has 0 bridgehead atoms. The Morgan fingerprint density at radius 2 is 2.00 bits per heavy atom. The lowest BCUT2D eigenvalue weighted by Gasteiger charge is -2.24. The maximum Gasteiger partial charge on any atom is 0.126 e. The molecule has 1 N–H and O–H groups in total. The number of hydrogen-bond donors (Lipinski definition) is 1. The first-order valence-electron chi connectivity index (χ1n) is 7.82. The van der Waals surface area contributed by atoms with Crippen molar-refractivity contribution in [2.75, 3.05) is 6.54 Å². The van der Waals surface area contributed by atoms with Crippen LogP contribution in [-0.4, -0.2) is 11.8 Å². The normalized spacial score (nSPS) is 18.2. The average Bonchev–Trinajstić information content (AvgIpc) is 2.44. The van der Waals surface area contributed by atoms with Crippen molar-refractivity contribution in [3.05, 3.63) is 29.1 Å². The SMILES string of the molecule is CCNC(C)c1cc(F)c(C)cc1SC1CCCCC1. The molecular weight excluding hydrogens is 269 g/mol. The van der Waals surface area contributed by atoms with Crippen molar-refractivity contribution in [1.29, 1.82) is 0 Å². The Labute approximate surface area is 126 Å². The molecule has 1 aliphatic rings. The van der Waals surface area contributed by atoms with Gasteiger partial charge in [-0.05, 0) is 56.5 Å². The topological polar surface area (TPSA) is 12.0 Å². The highest BCUT2D eigenvalue weighted by atomic mass is 32.2. The second-order valence-corrected chi connectivity index (χ2v) is 7.14. The predicted octanol–water partition coefficient (Wildman–Crippen LogP) is 5.23. The third-order valence-electron chi connectivity index (χ3n) is 4.11. The van der Waals surface area contributed by atoms with Gasteiger partial charge in [-0.25, -0.2) is 4.39 Å². The van der Waals surface area contributed by atoms with Gasteiger partial charge >= 0.3 is 0 Å². The molecule has 1 aromatic rings. The van der Waals surface area contributed by atoms with Crippen molar-refractivity contribution in [2.24, 2.45) is 0 Å². The van der Waals surface area contributed by atoms with E-state index in [1.54, 1.807) is 6.07 Å². The van der Waals surface area contributed by atoms with Gasteiger partial charge in [0.05, 0.1) is 0 Å². The first-order chi connectivity index (χ1) is 9.61. The van der Waals surface area contributed by atoms with Crippen molar-refractivity contribution in [3.8, 4) is 0 Å². The van der Waals surface area contributed by atoms with E-state index < -0.39 is 0 Å². The molecule has 1 aliphatic carbocycles. The fourth-order valence-electron chi connectivity index (χ4n) is 2.89. The van der Waals surface area contributed by atoms with Gasteiger partial charge in [0.25, 0.3) is 0 Å². The van der Waals surface area contributed by atoms with Crippen molar-refractivity contribution in [3.63, 3.8) is 0 Å². The van der Waals surface area contributed by atoms with E-state index in [1.165, 1.54) is 37.0 Å². The number of hydrogen-bond acceptors (Lipinski definition) is 2. The van der Waals surface area contributed by atoms with E-state index in [1.807, 2.05) is 24.8 Å². The second kappa shape index (κ2) is 7.46. The molecule has 0 aliphatic heterocycles. The number of benzene rings is 1. The zero-order valence-electron chi connectivity index (χ0n) is 12.8. The van der Waals surface area contributed by atoms with E-state index in [9.17, 15) is 4.39 Å². The van der Waals surface area contributed by atoms with Crippen LogP contribution in [0.25, 0.3) is 0 Å². The number of aryl methyl sites for hydroxylation is 1. The molecule has 0 spiro atoms. The smallest absolute Gasteiger partial charge is 0.126 e. The Morgan fingerprint density at radius 3 is 2.65 bits per heavy atom. The summed E-state index contributed by atoms with van der Waals surface area (Å²) < 4.78 is 13.9. The number of nitrogens with one attached hydrogen (secondary N) is 1. The Morgan fingerprint density at radius 1 is 1.30 bits per heavy atom. The van der Waals surface area contributed by atoms with Gasteiger partial charge in [0, 0.05) is 16.2 Å². The van der Waals surface area contributed by atoms with Crippen LogP contribution < -0.4 is 5.32 Å². The minimum absolute atomic E-state index is 0.0854. The Kier molecular flexibility index (Phi) is 5.91. The lowest BCUT2D eigenvalue weighted by molar-refractivity contribution is 0.515. The molecule has 0 radical (unpaired) electrons. The van der Waals surface area contributed by atoms with Gasteiger partial charge in [-0.3, -0.25) is 0 Å². The third-order valence-corrected chi connectivity index (χ3v) is 5.53. The summed E-state index contributed by atoms with van der Waals surface area (Å²) in [6.07, 6.45) is 6.66. The second-order valence-electron chi connectivity index (χ2n) is 5.80. The molecule has 0 aromatic heterocycles. The molecule has 2 rings (SSSR count). The zero-order valence-corrected chi connectivity index (χ0v) is 13.7. The molecule has 1 fully saturated rings. The van der Waals surface area contributed by atoms with Gasteiger partial charge in [-0.15, -0.1) is 11.8 Å². The molecule has 0 heterocycles. The van der Waals surface area contributed by atoms with Crippen molar-refractivity contribution >= 4 is 11.8 Å². The van der Waals surface area contributed by atoms with Gasteiger partial charge in [-0.1, -0.05) is 26.2 Å². The summed E-state index contributed by atoms with van der Waals surface area (Å²) in [5, 5.41) is 4.12. The number of halogens is 1. The number of rotatable bonds is 5. The number of thioether (sulfide) groups is 1. The van der Waals surface area contributed by atoms with E-state index >= 15 is 0 Å². The Bertz CT molecular complexity index is 441. The van der Waals surface area contributed by atoms with Crippen LogP contribution in [-0.2, 0) is 0 Å². The molecule has 112 valence electrons. The highest BCUT2D eigenvalue weighted by Gasteiger charge is 2.19. The van der Waals surface area contributed by atoms with Crippen molar-refractivity contribution in [1.82, 2.24) is 5.32 Å². The van der Waals surface area contributed by atoms with E-state index in [4.69, 9.17) is 0 Å². The first kappa shape index (κ1) is 15.8. The molecule has 1 atom stereocenters. The highest BCUT2D eigenvalue weighted by molar-refractivity contribution is 8.00. The van der Waals surface area contributed by atoms with Crippen molar-refractivity contribution in [2.45, 2.75) is 69.1 Å². The molecular formula is C17H26FNS. The van der Waals surface area contributed by atoms with Gasteiger partial charge in [0.15, 0.2) is 0 Å². The summed E-state index contributed by atoms with van der Waals surface area (Å²) in [5.41, 5.74) is 1.88. The van der Waals surface area contributed by atoms with E-state index in [2.05, 4.69) is 19.2 Å². The molecule has 1 aromatic carbocycles. The average molecular weight is 295 g/mol. The highest BCUT2D eigenvalue weighted by Crippen LogP contribution is 2.38. The van der Waals surface area contributed by atoms with Crippen LogP contribution in [0.2, 0.25) is 0 Å². The van der Waals surface area contributed by atoms with E-state index in [0.29, 0.717) is 5.25 Å². The van der Waals surface area contributed by atoms with Gasteiger partial charge < -0.3 is 5.32 Å². The van der Waals surface area contributed by atoms with Crippen LogP contribution in [0.15, 0.2) is 17.0 Å². The Hall–Kier alpha value is -0.540. The third kappa shape index (κ3) is 3.98. The van der Waals surface area contributed by atoms with Crippen molar-refractivity contribution < 1.29 is 4.39 Å². The summed E-state index contributed by atoms with van der Waals surface area (Å²) in [7, 11) is 0. The van der Waals surface area contributed by atoms with Gasteiger partial charge in [0.1, 0.15) is 5.82 Å². The molecule has 1 saturated carbocycles. The fraction of sp³-hybridized carbons (Fsp3) is 0.647. The quantitative estimate of drug-likeness (QED) is 0.798. The molecule has 1 nitrogen and oxygen atoms in total. The summed E-state index contributed by atoms with van der Waals surface area (Å²) in [6.45, 7) is 6.99. The molecule has 3 heteroatoms.